The van der Waals surface area contributed by atoms with Gasteiger partial charge in [-0.3, -0.25) is 4.79 Å². The molecule has 0 bridgehead atoms. The molecule has 1 amide bonds. The fraction of sp³-hybridized carbons (Fsp3) is 0.222. The van der Waals surface area contributed by atoms with Crippen molar-refractivity contribution in [3.8, 4) is 17.5 Å². The monoisotopic (exact) mass is 367 g/mol. The SMILES string of the molecule is Cc1occc1-c1nnc(S[C@@H](C)C(=O)Nc2ccc(C#N)cc2)n1C. The zero-order valence-corrected chi connectivity index (χ0v) is 15.4. The lowest BCUT2D eigenvalue weighted by atomic mass is 10.2. The first-order valence-electron chi connectivity index (χ1n) is 7.91. The van der Waals surface area contributed by atoms with Crippen LogP contribution < -0.4 is 5.32 Å². The van der Waals surface area contributed by atoms with E-state index >= 15 is 0 Å². The topological polar surface area (TPSA) is 96.7 Å². The van der Waals surface area contributed by atoms with Gasteiger partial charge in [0.1, 0.15) is 5.76 Å². The number of carbonyl (C=O) groups is 1. The molecule has 8 heteroatoms. The number of anilines is 1. The summed E-state index contributed by atoms with van der Waals surface area (Å²) in [6.45, 7) is 3.67. The van der Waals surface area contributed by atoms with Crippen LogP contribution in [0.2, 0.25) is 0 Å². The maximum atomic E-state index is 12.4. The van der Waals surface area contributed by atoms with E-state index in [2.05, 4.69) is 15.5 Å². The summed E-state index contributed by atoms with van der Waals surface area (Å²) in [5, 5.41) is 20.3. The molecule has 0 aliphatic heterocycles. The number of nitrogens with one attached hydrogen (secondary N) is 1. The summed E-state index contributed by atoms with van der Waals surface area (Å²) in [7, 11) is 1.86. The number of furan rings is 1. The van der Waals surface area contributed by atoms with Crippen LogP contribution in [-0.2, 0) is 11.8 Å². The molecule has 1 atom stereocenters. The van der Waals surface area contributed by atoms with Crippen molar-refractivity contribution < 1.29 is 9.21 Å². The van der Waals surface area contributed by atoms with Crippen LogP contribution in [0.3, 0.4) is 0 Å². The Labute approximate surface area is 155 Å². The lowest BCUT2D eigenvalue weighted by Gasteiger charge is -2.11. The van der Waals surface area contributed by atoms with E-state index < -0.39 is 0 Å². The molecule has 0 radical (unpaired) electrons. The number of nitrogens with zero attached hydrogens (tertiary/aromatic N) is 4. The van der Waals surface area contributed by atoms with Crippen LogP contribution in [0.5, 0.6) is 0 Å². The average molecular weight is 367 g/mol. The average Bonchev–Trinajstić information content (AvgIpc) is 3.21. The number of rotatable bonds is 5. The summed E-state index contributed by atoms with van der Waals surface area (Å²) < 4.78 is 7.15. The highest BCUT2D eigenvalue weighted by molar-refractivity contribution is 8.00. The lowest BCUT2D eigenvalue weighted by Crippen LogP contribution is -2.22. The van der Waals surface area contributed by atoms with Crippen molar-refractivity contribution in [2.24, 2.45) is 7.05 Å². The van der Waals surface area contributed by atoms with Crippen molar-refractivity contribution in [2.45, 2.75) is 24.3 Å². The van der Waals surface area contributed by atoms with Crippen LogP contribution in [0.1, 0.15) is 18.2 Å². The highest BCUT2D eigenvalue weighted by atomic mass is 32.2. The first kappa shape index (κ1) is 17.8. The Bertz CT molecular complexity index is 968. The van der Waals surface area contributed by atoms with Gasteiger partial charge in [0.2, 0.25) is 5.91 Å². The normalized spacial score (nSPS) is 11.8. The second-order valence-corrected chi connectivity index (χ2v) is 7.00. The second-order valence-electron chi connectivity index (χ2n) is 5.69. The Morgan fingerprint density at radius 3 is 2.65 bits per heavy atom. The van der Waals surface area contributed by atoms with Gasteiger partial charge in [0.05, 0.1) is 28.7 Å². The second kappa shape index (κ2) is 7.45. The molecule has 3 aromatic rings. The van der Waals surface area contributed by atoms with Gasteiger partial charge in [-0.15, -0.1) is 10.2 Å². The fourth-order valence-corrected chi connectivity index (χ4v) is 3.17. The lowest BCUT2D eigenvalue weighted by molar-refractivity contribution is -0.115. The zero-order valence-electron chi connectivity index (χ0n) is 14.6. The molecule has 0 saturated carbocycles. The van der Waals surface area contributed by atoms with Gasteiger partial charge in [0.15, 0.2) is 11.0 Å². The molecule has 1 N–H and O–H groups in total. The minimum absolute atomic E-state index is 0.149. The van der Waals surface area contributed by atoms with Crippen molar-refractivity contribution >= 4 is 23.4 Å². The summed E-state index contributed by atoms with van der Waals surface area (Å²) in [5.74, 6) is 1.31. The summed E-state index contributed by atoms with van der Waals surface area (Å²) in [5.41, 5.74) is 2.07. The van der Waals surface area contributed by atoms with Gasteiger partial charge in [-0.25, -0.2) is 0 Å². The number of thioether (sulfide) groups is 1. The van der Waals surface area contributed by atoms with Gasteiger partial charge >= 0.3 is 0 Å². The van der Waals surface area contributed by atoms with Crippen molar-refractivity contribution in [1.29, 1.82) is 5.26 Å². The molecular weight excluding hydrogens is 350 g/mol. The van der Waals surface area contributed by atoms with Gasteiger partial charge in [-0.2, -0.15) is 5.26 Å². The standard InChI is InChI=1S/C18H17N5O2S/c1-11-15(8-9-25-11)16-21-22-18(23(16)3)26-12(2)17(24)20-14-6-4-13(10-19)5-7-14/h4-9,12H,1-3H3,(H,20,24)/t12-/m0/s1. The highest BCUT2D eigenvalue weighted by Gasteiger charge is 2.20. The van der Waals surface area contributed by atoms with E-state index in [1.807, 2.05) is 30.7 Å². The van der Waals surface area contributed by atoms with Gasteiger partial charge in [-0.05, 0) is 44.2 Å². The van der Waals surface area contributed by atoms with E-state index in [-0.39, 0.29) is 11.2 Å². The summed E-state index contributed by atoms with van der Waals surface area (Å²) >= 11 is 1.32. The molecule has 0 fully saturated rings. The Morgan fingerprint density at radius 1 is 1.31 bits per heavy atom. The predicted molar refractivity (Wildman–Crippen MR) is 98.5 cm³/mol. The number of nitriles is 1. The molecule has 3 rings (SSSR count). The Balaban J connectivity index is 1.68. The predicted octanol–water partition coefficient (Wildman–Crippen LogP) is 3.37. The van der Waals surface area contributed by atoms with E-state index in [9.17, 15) is 4.79 Å². The van der Waals surface area contributed by atoms with E-state index in [1.54, 1.807) is 37.5 Å². The Hall–Kier alpha value is -3.05. The number of carbonyl (C=O) groups excluding carboxylic acids is 1. The van der Waals surface area contributed by atoms with Crippen LogP contribution in [0, 0.1) is 18.3 Å². The first-order valence-corrected chi connectivity index (χ1v) is 8.79. The summed E-state index contributed by atoms with van der Waals surface area (Å²) in [6.07, 6.45) is 1.61. The molecular formula is C18H17N5O2S. The third-order valence-electron chi connectivity index (χ3n) is 3.87. The highest BCUT2D eigenvalue weighted by Crippen LogP contribution is 2.28. The third kappa shape index (κ3) is 3.63. The molecule has 0 aliphatic carbocycles. The van der Waals surface area contributed by atoms with Crippen molar-refractivity contribution in [2.75, 3.05) is 5.32 Å². The van der Waals surface area contributed by atoms with Crippen LogP contribution in [-0.4, -0.2) is 25.9 Å². The van der Waals surface area contributed by atoms with E-state index in [0.29, 0.717) is 22.2 Å². The third-order valence-corrected chi connectivity index (χ3v) is 5.00. The number of benzene rings is 1. The van der Waals surface area contributed by atoms with Gasteiger partial charge in [0, 0.05) is 12.7 Å². The van der Waals surface area contributed by atoms with E-state index in [1.165, 1.54) is 11.8 Å². The molecule has 2 aromatic heterocycles. The van der Waals surface area contributed by atoms with Crippen LogP contribution in [0.15, 0.2) is 46.2 Å². The van der Waals surface area contributed by atoms with E-state index in [4.69, 9.17) is 9.68 Å². The molecule has 0 aliphatic rings. The number of hydrogen-bond donors (Lipinski definition) is 1. The van der Waals surface area contributed by atoms with Gasteiger partial charge in [-0.1, -0.05) is 11.8 Å². The number of amides is 1. The molecule has 2 heterocycles. The zero-order chi connectivity index (χ0) is 18.7. The Kier molecular flexibility index (Phi) is 5.09. The summed E-state index contributed by atoms with van der Waals surface area (Å²) in [6, 6.07) is 10.6. The quantitative estimate of drug-likeness (QED) is 0.695. The van der Waals surface area contributed by atoms with Crippen LogP contribution in [0.4, 0.5) is 5.69 Å². The minimum Gasteiger partial charge on any atom is -0.469 e. The van der Waals surface area contributed by atoms with Crippen molar-refractivity contribution in [3.05, 3.63) is 47.9 Å². The number of aromatic nitrogens is 3. The maximum Gasteiger partial charge on any atom is 0.237 e. The summed E-state index contributed by atoms with van der Waals surface area (Å²) in [4.78, 5) is 12.4. The van der Waals surface area contributed by atoms with E-state index in [0.717, 1.165) is 11.3 Å². The molecule has 1 aromatic carbocycles. The molecule has 26 heavy (non-hydrogen) atoms. The van der Waals surface area contributed by atoms with Gasteiger partial charge < -0.3 is 14.3 Å². The smallest absolute Gasteiger partial charge is 0.237 e. The fourth-order valence-electron chi connectivity index (χ4n) is 2.35. The molecule has 132 valence electrons. The molecule has 0 saturated heterocycles. The first-order chi connectivity index (χ1) is 12.5. The number of hydrogen-bond acceptors (Lipinski definition) is 6. The minimum atomic E-state index is -0.369. The van der Waals surface area contributed by atoms with Crippen molar-refractivity contribution in [1.82, 2.24) is 14.8 Å². The largest absolute Gasteiger partial charge is 0.469 e. The van der Waals surface area contributed by atoms with Crippen LogP contribution >= 0.6 is 11.8 Å². The molecule has 0 spiro atoms. The molecule has 0 unspecified atom stereocenters. The number of aryl methyl sites for hydroxylation is 1. The maximum absolute atomic E-state index is 12.4. The molecule has 7 nitrogen and oxygen atoms in total. The van der Waals surface area contributed by atoms with Gasteiger partial charge in [0.25, 0.3) is 0 Å². The van der Waals surface area contributed by atoms with Crippen molar-refractivity contribution in [3.63, 3.8) is 0 Å². The van der Waals surface area contributed by atoms with Crippen LogP contribution in [0.25, 0.3) is 11.4 Å². The Morgan fingerprint density at radius 2 is 2.04 bits per heavy atom.